The molecule has 0 spiro atoms. The average molecular weight is 796 g/mol. The third-order valence-corrected chi connectivity index (χ3v) is 28.4. The molecule has 0 saturated heterocycles. The zero-order chi connectivity index (χ0) is 35.6. The molecule has 0 heterocycles. The summed E-state index contributed by atoms with van der Waals surface area (Å²) in [4.78, 5) is 0. The molecule has 0 aliphatic heterocycles. The van der Waals surface area contributed by atoms with Crippen molar-refractivity contribution in [3.63, 3.8) is 0 Å². The molecule has 0 radical (unpaired) electrons. The summed E-state index contributed by atoms with van der Waals surface area (Å²) in [6.45, 7) is 9.37. The normalized spacial score (nSPS) is 12.0. The maximum atomic E-state index is 2.34. The Morgan fingerprint density at radius 2 is 0.286 bits per heavy atom. The second-order valence-corrected chi connectivity index (χ2v) is 31.5. The van der Waals surface area contributed by atoms with E-state index in [1.54, 1.807) is 69.1 Å². The van der Waals surface area contributed by atoms with Crippen LogP contribution in [0.1, 0.15) is 285 Å². The molecule has 0 aromatic heterocycles. The van der Waals surface area contributed by atoms with Crippen LogP contribution in [-0.4, -0.2) is 18.4 Å². The second kappa shape index (κ2) is 43.2. The van der Waals surface area contributed by atoms with Gasteiger partial charge in [-0.2, -0.15) is 0 Å². The van der Waals surface area contributed by atoms with Gasteiger partial charge in [0.1, 0.15) is 0 Å². The fraction of sp³-hybridized carbons (Fsp3) is 1.00. The van der Waals surface area contributed by atoms with Crippen LogP contribution in [0.2, 0.25) is 17.7 Å². The van der Waals surface area contributed by atoms with E-state index in [-0.39, 0.29) is 0 Å². The summed E-state index contributed by atoms with van der Waals surface area (Å²) in [5.41, 5.74) is 0. The molecular weight excluding hydrogens is 695 g/mol. The quantitative estimate of drug-likeness (QED) is 0.0426. The molecule has 0 bridgehead atoms. The fourth-order valence-electron chi connectivity index (χ4n) is 8.70. The summed E-state index contributed by atoms with van der Waals surface area (Å²) in [7, 11) is 0. The van der Waals surface area contributed by atoms with E-state index in [1.165, 1.54) is 205 Å². The summed E-state index contributed by atoms with van der Waals surface area (Å²) in [5, 5.41) is 0. The number of rotatable bonds is 44. The van der Waals surface area contributed by atoms with Crippen LogP contribution in [0.15, 0.2) is 0 Å². The number of hydrogen-bond donors (Lipinski definition) is 0. The topological polar surface area (TPSA) is 0 Å². The van der Waals surface area contributed by atoms with Gasteiger partial charge in [-0.25, -0.2) is 0 Å². The zero-order valence-electron chi connectivity index (χ0n) is 35.6. The monoisotopic (exact) mass is 797 g/mol. The van der Waals surface area contributed by atoms with Gasteiger partial charge in [0.2, 0.25) is 0 Å². The molecule has 0 saturated carbocycles. The van der Waals surface area contributed by atoms with Crippen LogP contribution in [0.5, 0.6) is 0 Å². The Morgan fingerprint density at radius 1 is 0.163 bits per heavy atom. The van der Waals surface area contributed by atoms with Crippen molar-refractivity contribution in [1.82, 2.24) is 0 Å². The fourth-order valence-corrected chi connectivity index (χ4v) is 24.4. The van der Waals surface area contributed by atoms with E-state index in [9.17, 15) is 0 Å². The predicted octanol–water partition coefficient (Wildman–Crippen LogP) is 19.1. The van der Waals surface area contributed by atoms with Gasteiger partial charge >= 0.3 is 321 Å². The van der Waals surface area contributed by atoms with Gasteiger partial charge in [-0.05, 0) is 0 Å². The zero-order valence-corrected chi connectivity index (χ0v) is 38.5. The molecule has 0 amide bonds. The predicted molar refractivity (Wildman–Crippen MR) is 232 cm³/mol. The molecule has 0 aliphatic rings. The van der Waals surface area contributed by atoms with Crippen molar-refractivity contribution < 1.29 is 0 Å². The van der Waals surface area contributed by atoms with Crippen molar-refractivity contribution in [3.8, 4) is 0 Å². The number of unbranched alkanes of at least 4 members (excludes halogenated alkanes) is 36. The van der Waals surface area contributed by atoms with Gasteiger partial charge in [0, 0.05) is 0 Å². The summed E-state index contributed by atoms with van der Waals surface area (Å²) >= 11 is -2.09. The van der Waals surface area contributed by atoms with Gasteiger partial charge in [0.15, 0.2) is 0 Å². The molecule has 0 unspecified atom stereocenters. The van der Waals surface area contributed by atoms with Gasteiger partial charge in [0.05, 0.1) is 0 Å². The minimum absolute atomic E-state index is 1.38. The Balaban J connectivity index is 4.87. The van der Waals surface area contributed by atoms with E-state index >= 15 is 0 Å². The van der Waals surface area contributed by atoms with E-state index in [1.807, 2.05) is 0 Å². The first-order chi connectivity index (χ1) is 24.2. The maximum absolute atomic E-state index is 2.34. The Bertz CT molecular complexity index is 468. The average Bonchev–Trinajstić information content (AvgIpc) is 3.11. The van der Waals surface area contributed by atoms with Gasteiger partial charge in [0.25, 0.3) is 0 Å². The van der Waals surface area contributed by atoms with Gasteiger partial charge in [-0.3, -0.25) is 0 Å². The molecule has 296 valence electrons. The first-order valence-corrected chi connectivity index (χ1v) is 32.3. The Labute approximate surface area is 319 Å². The standard InChI is InChI=1S/4C12H25.Sn/c4*1-3-5-7-9-11-12-10-8-6-4-2;/h4*1,3-12H2,2H3;. The molecule has 0 aromatic rings. The third-order valence-electron chi connectivity index (χ3n) is 12.2. The SMILES string of the molecule is CCCCCCCCCCC[CH2][Sn]([CH2]CCCCCCCCCCC)([CH2]CCCCCCCCCCC)[CH2]CCCCCCCCCCC. The Kier molecular flexibility index (Phi) is 43.9. The van der Waals surface area contributed by atoms with Crippen molar-refractivity contribution in [1.29, 1.82) is 0 Å². The van der Waals surface area contributed by atoms with E-state index in [0.29, 0.717) is 0 Å². The molecule has 0 aromatic carbocycles. The molecule has 49 heavy (non-hydrogen) atoms. The Hall–Kier alpha value is 0.799. The van der Waals surface area contributed by atoms with Crippen LogP contribution in [0.4, 0.5) is 0 Å². The van der Waals surface area contributed by atoms with E-state index in [0.717, 1.165) is 0 Å². The Morgan fingerprint density at radius 3 is 0.429 bits per heavy atom. The third kappa shape index (κ3) is 38.3. The van der Waals surface area contributed by atoms with Crippen LogP contribution < -0.4 is 0 Å². The molecule has 0 nitrogen and oxygen atoms in total. The molecule has 0 atom stereocenters. The van der Waals surface area contributed by atoms with Crippen LogP contribution in [0.25, 0.3) is 0 Å². The molecule has 0 fully saturated rings. The van der Waals surface area contributed by atoms with Crippen molar-refractivity contribution in [2.24, 2.45) is 0 Å². The van der Waals surface area contributed by atoms with Crippen molar-refractivity contribution in [2.45, 2.75) is 302 Å². The van der Waals surface area contributed by atoms with E-state index in [2.05, 4.69) is 27.7 Å². The number of hydrogen-bond acceptors (Lipinski definition) is 0. The van der Waals surface area contributed by atoms with Gasteiger partial charge < -0.3 is 0 Å². The van der Waals surface area contributed by atoms with Crippen molar-refractivity contribution in [2.75, 3.05) is 0 Å². The van der Waals surface area contributed by atoms with Crippen LogP contribution in [-0.2, 0) is 0 Å². The van der Waals surface area contributed by atoms with E-state index < -0.39 is 18.4 Å². The van der Waals surface area contributed by atoms with Gasteiger partial charge in [-0.15, -0.1) is 0 Å². The molecule has 0 N–H and O–H groups in total. The molecular formula is C48H100Sn. The first-order valence-electron chi connectivity index (χ1n) is 24.2. The summed E-state index contributed by atoms with van der Waals surface area (Å²) in [5.74, 6) is 0. The first kappa shape index (κ1) is 49.8. The van der Waals surface area contributed by atoms with Crippen molar-refractivity contribution in [3.05, 3.63) is 0 Å². The minimum atomic E-state index is -2.09. The van der Waals surface area contributed by atoms with E-state index in [4.69, 9.17) is 0 Å². The molecule has 0 aliphatic carbocycles. The summed E-state index contributed by atoms with van der Waals surface area (Å²) in [6.07, 6.45) is 60.1. The summed E-state index contributed by atoms with van der Waals surface area (Å²) < 4.78 is 7.05. The summed E-state index contributed by atoms with van der Waals surface area (Å²) in [6, 6.07) is 0. The molecule has 0 rings (SSSR count). The van der Waals surface area contributed by atoms with Crippen molar-refractivity contribution >= 4 is 18.4 Å². The molecule has 1 heteroatoms. The van der Waals surface area contributed by atoms with Crippen LogP contribution >= 0.6 is 0 Å². The van der Waals surface area contributed by atoms with Gasteiger partial charge in [-0.1, -0.05) is 0 Å². The van der Waals surface area contributed by atoms with Crippen LogP contribution in [0.3, 0.4) is 0 Å². The van der Waals surface area contributed by atoms with Crippen LogP contribution in [0, 0.1) is 0 Å². The second-order valence-electron chi connectivity index (χ2n) is 17.2.